The Morgan fingerprint density at radius 2 is 1.96 bits per heavy atom. The molecule has 0 aromatic heterocycles. The van der Waals surface area contributed by atoms with Gasteiger partial charge in [0.25, 0.3) is 0 Å². The molecule has 1 spiro atoms. The molecule has 0 bridgehead atoms. The van der Waals surface area contributed by atoms with Gasteiger partial charge in [0.15, 0.2) is 0 Å². The molecule has 2 saturated heterocycles. The predicted octanol–water partition coefficient (Wildman–Crippen LogP) is 4.48. The number of rotatable bonds is 4. The fourth-order valence-electron chi connectivity index (χ4n) is 6.02. The lowest BCUT2D eigenvalue weighted by Gasteiger charge is -2.56. The van der Waals surface area contributed by atoms with E-state index in [1.807, 2.05) is 0 Å². The van der Waals surface area contributed by atoms with E-state index in [9.17, 15) is 0 Å². The molecule has 0 aromatic rings. The molecule has 2 heterocycles. The van der Waals surface area contributed by atoms with E-state index >= 15 is 0 Å². The zero-order valence-electron chi connectivity index (χ0n) is 17.2. The van der Waals surface area contributed by atoms with Crippen LogP contribution in [-0.4, -0.2) is 61.3 Å². The van der Waals surface area contributed by atoms with Gasteiger partial charge in [0.2, 0.25) is 0 Å². The highest BCUT2D eigenvalue weighted by Gasteiger charge is 2.48. The van der Waals surface area contributed by atoms with Crippen molar-refractivity contribution < 1.29 is 4.74 Å². The van der Waals surface area contributed by atoms with Crippen LogP contribution in [-0.2, 0) is 4.74 Å². The normalized spacial score (nSPS) is 34.3. The SMILES string of the molecule is CCC1=CCCC(CN2CCC3(CC2)CC(N2CCO[C@@H](C)C2)C3)CC1. The summed E-state index contributed by atoms with van der Waals surface area (Å²) in [5.74, 6) is 0.938. The summed E-state index contributed by atoms with van der Waals surface area (Å²) in [4.78, 5) is 5.52. The summed E-state index contributed by atoms with van der Waals surface area (Å²) >= 11 is 0. The molecule has 3 heteroatoms. The molecule has 1 unspecified atom stereocenters. The lowest BCUT2D eigenvalue weighted by molar-refractivity contribution is -0.0940. The van der Waals surface area contributed by atoms with Crippen LogP contribution < -0.4 is 0 Å². The number of hydrogen-bond donors (Lipinski definition) is 0. The van der Waals surface area contributed by atoms with Crippen molar-refractivity contribution in [3.05, 3.63) is 11.6 Å². The van der Waals surface area contributed by atoms with E-state index in [1.165, 1.54) is 77.4 Å². The van der Waals surface area contributed by atoms with E-state index in [1.54, 1.807) is 5.57 Å². The van der Waals surface area contributed by atoms with Crippen molar-refractivity contribution in [3.63, 3.8) is 0 Å². The molecule has 26 heavy (non-hydrogen) atoms. The first-order valence-electron chi connectivity index (χ1n) is 11.4. The second kappa shape index (κ2) is 8.32. The van der Waals surface area contributed by atoms with Gasteiger partial charge in [0.05, 0.1) is 12.7 Å². The number of ether oxygens (including phenoxy) is 1. The maximum Gasteiger partial charge on any atom is 0.0674 e. The summed E-state index contributed by atoms with van der Waals surface area (Å²) in [5.41, 5.74) is 2.41. The monoisotopic (exact) mass is 360 g/mol. The second-order valence-electron chi connectivity index (χ2n) is 9.74. The number of morpholine rings is 1. The van der Waals surface area contributed by atoms with Gasteiger partial charge in [0, 0.05) is 25.7 Å². The smallest absolute Gasteiger partial charge is 0.0674 e. The summed E-state index contributed by atoms with van der Waals surface area (Å²) in [6, 6.07) is 0.855. The molecule has 2 aliphatic heterocycles. The molecule has 3 nitrogen and oxygen atoms in total. The van der Waals surface area contributed by atoms with Gasteiger partial charge in [-0.1, -0.05) is 18.6 Å². The van der Waals surface area contributed by atoms with Crippen LogP contribution in [0, 0.1) is 11.3 Å². The third kappa shape index (κ3) is 4.36. The van der Waals surface area contributed by atoms with Gasteiger partial charge in [0.1, 0.15) is 0 Å². The minimum absolute atomic E-state index is 0.435. The van der Waals surface area contributed by atoms with Crippen molar-refractivity contribution >= 4 is 0 Å². The van der Waals surface area contributed by atoms with Gasteiger partial charge in [-0.25, -0.2) is 0 Å². The van der Waals surface area contributed by atoms with Crippen LogP contribution in [0.4, 0.5) is 0 Å². The maximum absolute atomic E-state index is 5.72. The number of likely N-dealkylation sites (tertiary alicyclic amines) is 1. The molecule has 148 valence electrons. The highest BCUT2D eigenvalue weighted by molar-refractivity contribution is 5.04. The second-order valence-corrected chi connectivity index (χ2v) is 9.74. The summed E-state index contributed by atoms with van der Waals surface area (Å²) in [5, 5.41) is 0. The third-order valence-electron chi connectivity index (χ3n) is 7.90. The molecule has 2 atom stereocenters. The van der Waals surface area contributed by atoms with Gasteiger partial charge in [-0.05, 0) is 89.1 Å². The van der Waals surface area contributed by atoms with Crippen LogP contribution in [0.25, 0.3) is 0 Å². The van der Waals surface area contributed by atoms with Crippen molar-refractivity contribution in [2.75, 3.05) is 39.3 Å². The largest absolute Gasteiger partial charge is 0.376 e. The minimum Gasteiger partial charge on any atom is -0.376 e. The van der Waals surface area contributed by atoms with E-state index in [4.69, 9.17) is 4.74 Å². The van der Waals surface area contributed by atoms with Crippen molar-refractivity contribution in [2.45, 2.75) is 83.8 Å². The van der Waals surface area contributed by atoms with Crippen LogP contribution in [0.5, 0.6) is 0 Å². The Hall–Kier alpha value is -0.380. The quantitative estimate of drug-likeness (QED) is 0.688. The highest BCUT2D eigenvalue weighted by atomic mass is 16.5. The van der Waals surface area contributed by atoms with Crippen LogP contribution in [0.2, 0.25) is 0 Å². The molecular weight excluding hydrogens is 320 g/mol. The minimum atomic E-state index is 0.435. The van der Waals surface area contributed by atoms with Crippen molar-refractivity contribution in [3.8, 4) is 0 Å². The number of allylic oxidation sites excluding steroid dienone is 2. The predicted molar refractivity (Wildman–Crippen MR) is 108 cm³/mol. The first kappa shape index (κ1) is 19.0. The Balaban J connectivity index is 1.18. The summed E-state index contributed by atoms with van der Waals surface area (Å²) in [6.45, 7) is 11.9. The fourth-order valence-corrected chi connectivity index (χ4v) is 6.02. The van der Waals surface area contributed by atoms with Crippen molar-refractivity contribution in [1.29, 1.82) is 0 Å². The number of nitrogens with zero attached hydrogens (tertiary/aromatic N) is 2. The van der Waals surface area contributed by atoms with Gasteiger partial charge < -0.3 is 9.64 Å². The van der Waals surface area contributed by atoms with Gasteiger partial charge in [-0.3, -0.25) is 4.90 Å². The molecule has 0 N–H and O–H groups in total. The Labute approximate surface area is 161 Å². The Bertz CT molecular complexity index is 486. The molecule has 3 fully saturated rings. The molecule has 0 aromatic carbocycles. The third-order valence-corrected chi connectivity index (χ3v) is 7.90. The molecule has 4 aliphatic rings. The van der Waals surface area contributed by atoms with Crippen molar-refractivity contribution in [1.82, 2.24) is 9.80 Å². The molecule has 1 saturated carbocycles. The van der Waals surface area contributed by atoms with E-state index in [-0.39, 0.29) is 0 Å². The van der Waals surface area contributed by atoms with Crippen LogP contribution in [0.3, 0.4) is 0 Å². The van der Waals surface area contributed by atoms with E-state index in [2.05, 4.69) is 29.7 Å². The summed E-state index contributed by atoms with van der Waals surface area (Å²) < 4.78 is 5.72. The van der Waals surface area contributed by atoms with Crippen molar-refractivity contribution in [2.24, 2.45) is 11.3 Å². The highest BCUT2D eigenvalue weighted by Crippen LogP contribution is 2.51. The lowest BCUT2D eigenvalue weighted by Crippen LogP contribution is -2.58. The van der Waals surface area contributed by atoms with Gasteiger partial charge >= 0.3 is 0 Å². The maximum atomic E-state index is 5.72. The van der Waals surface area contributed by atoms with E-state index < -0.39 is 0 Å². The topological polar surface area (TPSA) is 15.7 Å². The molecule has 0 radical (unpaired) electrons. The zero-order valence-corrected chi connectivity index (χ0v) is 17.2. The van der Waals surface area contributed by atoms with Crippen LogP contribution in [0.1, 0.15) is 71.6 Å². The average Bonchev–Trinajstić information content (AvgIpc) is 2.86. The molecule has 4 rings (SSSR count). The molecule has 0 amide bonds. The first-order valence-corrected chi connectivity index (χ1v) is 11.4. The van der Waals surface area contributed by atoms with E-state index in [0.717, 1.165) is 31.7 Å². The standard InChI is InChI=1S/C23H40N2O/c1-3-20-5-4-6-21(8-7-20)18-24-11-9-23(10-12-24)15-22(16-23)25-13-14-26-19(2)17-25/h5,19,21-22H,3-4,6-18H2,1-2H3/t19-,21?/m0/s1. The first-order chi connectivity index (χ1) is 12.7. The summed E-state index contributed by atoms with van der Waals surface area (Å²) in [7, 11) is 0. The lowest BCUT2D eigenvalue weighted by atomic mass is 9.60. The van der Waals surface area contributed by atoms with Crippen LogP contribution in [0.15, 0.2) is 11.6 Å². The zero-order chi connectivity index (χ0) is 18.0. The number of piperidine rings is 1. The Kier molecular flexibility index (Phi) is 6.07. The summed E-state index contributed by atoms with van der Waals surface area (Å²) in [6.07, 6.45) is 15.6. The fraction of sp³-hybridized carbons (Fsp3) is 0.913. The molecule has 2 aliphatic carbocycles. The van der Waals surface area contributed by atoms with Crippen LogP contribution >= 0.6 is 0 Å². The van der Waals surface area contributed by atoms with Gasteiger partial charge in [-0.2, -0.15) is 0 Å². The number of hydrogen-bond acceptors (Lipinski definition) is 3. The Morgan fingerprint density at radius 1 is 1.15 bits per heavy atom. The molecular formula is C23H40N2O. The van der Waals surface area contributed by atoms with Gasteiger partial charge in [-0.15, -0.1) is 0 Å². The van der Waals surface area contributed by atoms with E-state index in [0.29, 0.717) is 11.5 Å². The Morgan fingerprint density at radius 3 is 2.69 bits per heavy atom. The average molecular weight is 361 g/mol.